The first-order valence-corrected chi connectivity index (χ1v) is 10.5. The van der Waals surface area contributed by atoms with Crippen LogP contribution in [0.25, 0.3) is 0 Å². The van der Waals surface area contributed by atoms with Crippen LogP contribution in [0.4, 0.5) is 11.4 Å². The van der Waals surface area contributed by atoms with Gasteiger partial charge in [-0.1, -0.05) is 42.5 Å². The minimum atomic E-state index is -1.25. The maximum atomic E-state index is 11.2. The van der Waals surface area contributed by atoms with Crippen molar-refractivity contribution in [3.63, 3.8) is 0 Å². The molecule has 0 amide bonds. The van der Waals surface area contributed by atoms with E-state index in [0.29, 0.717) is 10.9 Å². The number of thiocarbonyl (C=S) groups is 1. The molecule has 3 N–H and O–H groups in total. The second kappa shape index (κ2) is 10.1. The number of para-hydroxylation sites is 1. The Kier molecular flexibility index (Phi) is 7.26. The summed E-state index contributed by atoms with van der Waals surface area (Å²) in [4.78, 5) is 11.2. The minimum absolute atomic E-state index is 0.548. The quantitative estimate of drug-likeness (QED) is 0.406. The first kappa shape index (κ1) is 22.3. The van der Waals surface area contributed by atoms with Crippen LogP contribution in [0, 0.1) is 0 Å². The van der Waals surface area contributed by atoms with Gasteiger partial charge in [0, 0.05) is 11.4 Å². The molecule has 0 unspecified atom stereocenters. The predicted molar refractivity (Wildman–Crippen MR) is 129 cm³/mol. The number of carboxylic acid groups (broad SMARTS) is 1. The molecule has 0 fully saturated rings. The van der Waals surface area contributed by atoms with Crippen LogP contribution in [0.5, 0.6) is 5.75 Å². The summed E-state index contributed by atoms with van der Waals surface area (Å²) < 4.78 is 5.54. The van der Waals surface area contributed by atoms with Gasteiger partial charge in [-0.3, -0.25) is 0 Å². The zero-order chi connectivity index (χ0) is 22.3. The molecule has 31 heavy (non-hydrogen) atoms. The first-order valence-electron chi connectivity index (χ1n) is 10.1. The van der Waals surface area contributed by atoms with Crippen molar-refractivity contribution in [2.24, 2.45) is 0 Å². The Morgan fingerprint density at radius 2 is 1.32 bits per heavy atom. The molecule has 0 aliphatic heterocycles. The molecule has 0 atom stereocenters. The highest BCUT2D eigenvalue weighted by atomic mass is 32.1. The molecule has 0 saturated heterocycles. The molecular formula is C25H26N2O3S. The van der Waals surface area contributed by atoms with Gasteiger partial charge >= 0.3 is 5.97 Å². The van der Waals surface area contributed by atoms with Gasteiger partial charge in [0.25, 0.3) is 0 Å². The summed E-state index contributed by atoms with van der Waals surface area (Å²) in [6.07, 6.45) is 1.77. The van der Waals surface area contributed by atoms with E-state index in [1.807, 2.05) is 66.7 Å². The average molecular weight is 435 g/mol. The van der Waals surface area contributed by atoms with Gasteiger partial charge in [0.1, 0.15) is 5.75 Å². The van der Waals surface area contributed by atoms with Gasteiger partial charge in [0.15, 0.2) is 10.7 Å². The van der Waals surface area contributed by atoms with E-state index in [1.54, 1.807) is 0 Å². The van der Waals surface area contributed by atoms with Crippen molar-refractivity contribution in [2.75, 3.05) is 10.6 Å². The van der Waals surface area contributed by atoms with Crippen LogP contribution >= 0.6 is 12.2 Å². The zero-order valence-corrected chi connectivity index (χ0v) is 18.4. The van der Waals surface area contributed by atoms with Crippen LogP contribution in [-0.4, -0.2) is 21.8 Å². The summed E-state index contributed by atoms with van der Waals surface area (Å²) >= 11 is 5.36. The fraction of sp³-hybridized carbons (Fsp3) is 0.200. The minimum Gasteiger partial charge on any atom is -0.478 e. The lowest BCUT2D eigenvalue weighted by molar-refractivity contribution is -0.152. The van der Waals surface area contributed by atoms with Crippen molar-refractivity contribution in [1.29, 1.82) is 0 Å². The smallest absolute Gasteiger partial charge is 0.347 e. The number of nitrogens with one attached hydrogen (secondary N) is 2. The highest BCUT2D eigenvalue weighted by molar-refractivity contribution is 7.80. The van der Waals surface area contributed by atoms with E-state index in [9.17, 15) is 4.79 Å². The summed E-state index contributed by atoms with van der Waals surface area (Å²) in [5, 5.41) is 16.1. The molecule has 0 aliphatic rings. The number of ether oxygens (including phenoxy) is 1. The van der Waals surface area contributed by atoms with Crippen molar-refractivity contribution < 1.29 is 14.6 Å². The molecule has 0 bridgehead atoms. The third-order valence-electron chi connectivity index (χ3n) is 4.76. The van der Waals surface area contributed by atoms with Crippen LogP contribution in [0.1, 0.15) is 25.0 Å². The van der Waals surface area contributed by atoms with Crippen molar-refractivity contribution in [1.82, 2.24) is 0 Å². The lowest BCUT2D eigenvalue weighted by Gasteiger charge is -2.21. The van der Waals surface area contributed by atoms with Crippen LogP contribution in [0.15, 0.2) is 78.9 Å². The second-order valence-corrected chi connectivity index (χ2v) is 8.11. The molecule has 0 saturated carbocycles. The first-order chi connectivity index (χ1) is 14.8. The highest BCUT2D eigenvalue weighted by Gasteiger charge is 2.29. The molecule has 160 valence electrons. The van der Waals surface area contributed by atoms with Crippen LogP contribution < -0.4 is 15.4 Å². The number of anilines is 2. The molecule has 5 nitrogen and oxygen atoms in total. The van der Waals surface area contributed by atoms with E-state index in [1.165, 1.54) is 19.4 Å². The Morgan fingerprint density at radius 3 is 1.84 bits per heavy atom. The third-order valence-corrected chi connectivity index (χ3v) is 4.96. The summed E-state index contributed by atoms with van der Waals surface area (Å²) in [5.74, 6) is -0.446. The third kappa shape index (κ3) is 6.83. The van der Waals surface area contributed by atoms with E-state index in [-0.39, 0.29) is 0 Å². The molecule has 0 aliphatic carbocycles. The van der Waals surface area contributed by atoms with Crippen LogP contribution in [0.2, 0.25) is 0 Å². The van der Waals surface area contributed by atoms with E-state index < -0.39 is 11.6 Å². The number of carbonyl (C=O) groups is 1. The van der Waals surface area contributed by atoms with E-state index in [0.717, 1.165) is 29.8 Å². The van der Waals surface area contributed by atoms with Gasteiger partial charge in [0.05, 0.1) is 0 Å². The predicted octanol–water partition coefficient (Wildman–Crippen LogP) is 5.52. The second-order valence-electron chi connectivity index (χ2n) is 7.70. The van der Waals surface area contributed by atoms with Gasteiger partial charge < -0.3 is 20.5 Å². The van der Waals surface area contributed by atoms with E-state index >= 15 is 0 Å². The molecule has 3 rings (SSSR count). The zero-order valence-electron chi connectivity index (χ0n) is 17.6. The fourth-order valence-electron chi connectivity index (χ4n) is 2.92. The molecule has 3 aromatic carbocycles. The van der Waals surface area contributed by atoms with Crippen molar-refractivity contribution in [3.05, 3.63) is 90.0 Å². The normalized spacial score (nSPS) is 10.9. The van der Waals surface area contributed by atoms with Gasteiger partial charge in [-0.25, -0.2) is 4.79 Å². The molecule has 0 aromatic heterocycles. The number of hydrogen-bond donors (Lipinski definition) is 3. The number of hydrogen-bond acceptors (Lipinski definition) is 3. The standard InChI is InChI=1S/C25H26N2O3S/c1-25(2,23(28)29)30-22-16-12-19(13-17-22)9-8-18-10-14-21(15-11-18)27-24(31)26-20-6-4-3-5-7-20/h3-7,10-17H,8-9H2,1-2H3,(H,28,29)(H2,26,27,31). The van der Waals surface area contributed by atoms with Crippen molar-refractivity contribution >= 4 is 34.7 Å². The topological polar surface area (TPSA) is 70.6 Å². The van der Waals surface area contributed by atoms with Gasteiger partial charge in [-0.15, -0.1) is 0 Å². The Morgan fingerprint density at radius 1 is 0.839 bits per heavy atom. The molecule has 6 heteroatoms. The number of carboxylic acids is 1. The van der Waals surface area contributed by atoms with Gasteiger partial charge in [0.2, 0.25) is 0 Å². The highest BCUT2D eigenvalue weighted by Crippen LogP contribution is 2.20. The summed E-state index contributed by atoms with van der Waals surface area (Å²) in [6, 6.07) is 25.6. The lowest BCUT2D eigenvalue weighted by Crippen LogP contribution is -2.37. The Balaban J connectivity index is 1.49. The van der Waals surface area contributed by atoms with Crippen LogP contribution in [-0.2, 0) is 17.6 Å². The monoisotopic (exact) mass is 434 g/mol. The fourth-order valence-corrected chi connectivity index (χ4v) is 3.16. The number of rotatable bonds is 8. The maximum absolute atomic E-state index is 11.2. The van der Waals surface area contributed by atoms with Crippen LogP contribution in [0.3, 0.4) is 0 Å². The molecular weight excluding hydrogens is 408 g/mol. The Hall–Kier alpha value is -3.38. The molecule has 0 radical (unpaired) electrons. The number of aliphatic carboxylic acids is 1. The van der Waals surface area contributed by atoms with Crippen molar-refractivity contribution in [2.45, 2.75) is 32.3 Å². The Labute approximate surface area is 188 Å². The van der Waals surface area contributed by atoms with E-state index in [2.05, 4.69) is 22.8 Å². The molecule has 0 heterocycles. The Bertz CT molecular complexity index is 1020. The average Bonchev–Trinajstić information content (AvgIpc) is 2.74. The summed E-state index contributed by atoms with van der Waals surface area (Å²) in [5.41, 5.74) is 3.01. The number of benzene rings is 3. The number of aryl methyl sites for hydroxylation is 2. The van der Waals surface area contributed by atoms with Gasteiger partial charge in [-0.05, 0) is 86.4 Å². The van der Waals surface area contributed by atoms with Crippen molar-refractivity contribution in [3.8, 4) is 5.75 Å². The summed E-state index contributed by atoms with van der Waals surface area (Å²) in [7, 11) is 0. The summed E-state index contributed by atoms with van der Waals surface area (Å²) in [6.45, 7) is 3.07. The largest absolute Gasteiger partial charge is 0.478 e. The molecule has 0 spiro atoms. The van der Waals surface area contributed by atoms with Gasteiger partial charge in [-0.2, -0.15) is 0 Å². The maximum Gasteiger partial charge on any atom is 0.347 e. The SMILES string of the molecule is CC(C)(Oc1ccc(CCc2ccc(NC(=S)Nc3ccccc3)cc2)cc1)C(=O)O. The van der Waals surface area contributed by atoms with E-state index in [4.69, 9.17) is 22.1 Å². The lowest BCUT2D eigenvalue weighted by atomic mass is 10.0. The molecule has 3 aromatic rings.